The minimum Gasteiger partial charge on any atom is -0.389 e. The standard InChI is InChI=1S/C28H26FN3OS/c1-27-15-20-16-31-32(23-8-6-22(29)7-9-23)26(20)14-21(27)11-13-28(27,33)12-10-19-4-2-3-5-24(19)25-17-34-18-30-25/h2-9,14,16-18,33H,10-13,15H2,1H3/t27-,28-/m0/s1. The molecule has 1 fully saturated rings. The number of halogens is 1. The van der Waals surface area contributed by atoms with Gasteiger partial charge in [0.25, 0.3) is 0 Å². The predicted octanol–water partition coefficient (Wildman–Crippen LogP) is 6.24. The monoisotopic (exact) mass is 471 g/mol. The highest BCUT2D eigenvalue weighted by Gasteiger charge is 2.54. The van der Waals surface area contributed by atoms with E-state index < -0.39 is 5.60 Å². The molecule has 2 heterocycles. The van der Waals surface area contributed by atoms with E-state index in [-0.39, 0.29) is 11.2 Å². The van der Waals surface area contributed by atoms with Gasteiger partial charge in [0.05, 0.1) is 34.4 Å². The first-order valence-electron chi connectivity index (χ1n) is 11.7. The highest BCUT2D eigenvalue weighted by Crippen LogP contribution is 2.57. The molecule has 2 aromatic carbocycles. The summed E-state index contributed by atoms with van der Waals surface area (Å²) in [7, 11) is 0. The summed E-state index contributed by atoms with van der Waals surface area (Å²) in [5, 5.41) is 18.7. The predicted molar refractivity (Wildman–Crippen MR) is 133 cm³/mol. The van der Waals surface area contributed by atoms with E-state index in [9.17, 15) is 9.50 Å². The smallest absolute Gasteiger partial charge is 0.123 e. The normalized spacial score (nSPS) is 23.4. The summed E-state index contributed by atoms with van der Waals surface area (Å²) >= 11 is 1.60. The molecule has 0 spiro atoms. The van der Waals surface area contributed by atoms with Crippen LogP contribution in [0, 0.1) is 11.2 Å². The van der Waals surface area contributed by atoms with E-state index in [1.165, 1.54) is 23.3 Å². The number of rotatable bonds is 5. The van der Waals surface area contributed by atoms with Gasteiger partial charge in [0.1, 0.15) is 5.82 Å². The van der Waals surface area contributed by atoms with E-state index in [1.54, 1.807) is 23.5 Å². The van der Waals surface area contributed by atoms with E-state index in [1.807, 2.05) is 22.5 Å². The quantitative estimate of drug-likeness (QED) is 0.375. The Morgan fingerprint density at radius 1 is 1.15 bits per heavy atom. The topological polar surface area (TPSA) is 50.9 Å². The lowest BCUT2D eigenvalue weighted by Crippen LogP contribution is -2.45. The van der Waals surface area contributed by atoms with Crippen molar-refractivity contribution in [3.05, 3.63) is 93.8 Å². The third-order valence-electron chi connectivity index (χ3n) is 7.89. The SMILES string of the molecule is C[C@]12Cc3cnn(-c4ccc(F)cc4)c3C=C1CC[C@@]2(O)CCc1ccccc1-c1cscn1. The number of thiazole rings is 1. The molecule has 2 aromatic heterocycles. The van der Waals surface area contributed by atoms with Crippen LogP contribution in [-0.2, 0) is 12.8 Å². The number of aryl methyl sites for hydroxylation is 1. The Morgan fingerprint density at radius 3 is 2.76 bits per heavy atom. The van der Waals surface area contributed by atoms with Crippen molar-refractivity contribution in [1.82, 2.24) is 14.8 Å². The highest BCUT2D eigenvalue weighted by atomic mass is 32.1. The molecule has 6 heteroatoms. The van der Waals surface area contributed by atoms with Crippen LogP contribution in [0.25, 0.3) is 23.0 Å². The van der Waals surface area contributed by atoms with Crippen molar-refractivity contribution in [2.75, 3.05) is 0 Å². The van der Waals surface area contributed by atoms with Gasteiger partial charge in [-0.15, -0.1) is 11.3 Å². The minimum absolute atomic E-state index is 0.257. The van der Waals surface area contributed by atoms with Crippen molar-refractivity contribution in [2.45, 2.75) is 44.6 Å². The van der Waals surface area contributed by atoms with Crippen LogP contribution in [0.1, 0.15) is 43.0 Å². The largest absolute Gasteiger partial charge is 0.389 e. The van der Waals surface area contributed by atoms with Gasteiger partial charge in [-0.2, -0.15) is 5.10 Å². The van der Waals surface area contributed by atoms with E-state index in [2.05, 4.69) is 46.7 Å². The summed E-state index contributed by atoms with van der Waals surface area (Å²) in [5.74, 6) is -0.257. The molecule has 2 aliphatic carbocycles. The summed E-state index contributed by atoms with van der Waals surface area (Å²) in [6.45, 7) is 2.20. The molecule has 0 aliphatic heterocycles. The number of aromatic nitrogens is 3. The van der Waals surface area contributed by atoms with E-state index in [4.69, 9.17) is 0 Å². The van der Waals surface area contributed by atoms with Crippen LogP contribution >= 0.6 is 11.3 Å². The van der Waals surface area contributed by atoms with Crippen LogP contribution in [0.4, 0.5) is 4.39 Å². The Kier molecular flexibility index (Phi) is 5.04. The van der Waals surface area contributed by atoms with Gasteiger partial charge >= 0.3 is 0 Å². The first-order valence-corrected chi connectivity index (χ1v) is 12.6. The van der Waals surface area contributed by atoms with Crippen LogP contribution in [0.15, 0.2) is 71.2 Å². The molecule has 6 rings (SSSR count). The zero-order valence-corrected chi connectivity index (χ0v) is 19.9. The fourth-order valence-corrected chi connectivity index (χ4v) is 6.35. The highest BCUT2D eigenvalue weighted by molar-refractivity contribution is 7.07. The van der Waals surface area contributed by atoms with Crippen LogP contribution in [-0.4, -0.2) is 25.5 Å². The van der Waals surface area contributed by atoms with Gasteiger partial charge < -0.3 is 5.11 Å². The molecular weight excluding hydrogens is 445 g/mol. The van der Waals surface area contributed by atoms with Crippen molar-refractivity contribution in [1.29, 1.82) is 0 Å². The zero-order valence-electron chi connectivity index (χ0n) is 19.0. The van der Waals surface area contributed by atoms with Gasteiger partial charge in [0.15, 0.2) is 0 Å². The molecule has 0 bridgehead atoms. The molecule has 4 aromatic rings. The molecule has 0 saturated heterocycles. The third kappa shape index (κ3) is 3.36. The number of nitrogens with zero attached hydrogens (tertiary/aromatic N) is 3. The molecule has 34 heavy (non-hydrogen) atoms. The second kappa shape index (κ2) is 8.00. The van der Waals surface area contributed by atoms with Gasteiger partial charge in [-0.1, -0.05) is 36.8 Å². The number of aliphatic hydroxyl groups is 1. The minimum atomic E-state index is -0.788. The summed E-state index contributed by atoms with van der Waals surface area (Å²) in [4.78, 5) is 4.50. The van der Waals surface area contributed by atoms with Crippen molar-refractivity contribution in [3.8, 4) is 16.9 Å². The van der Waals surface area contributed by atoms with Crippen molar-refractivity contribution in [3.63, 3.8) is 0 Å². The van der Waals surface area contributed by atoms with Crippen LogP contribution in [0.3, 0.4) is 0 Å². The van der Waals surface area contributed by atoms with Gasteiger partial charge in [0.2, 0.25) is 0 Å². The molecule has 1 saturated carbocycles. The van der Waals surface area contributed by atoms with Crippen LogP contribution < -0.4 is 0 Å². The van der Waals surface area contributed by atoms with Crippen molar-refractivity contribution >= 4 is 17.4 Å². The fourth-order valence-electron chi connectivity index (χ4n) is 5.79. The van der Waals surface area contributed by atoms with E-state index >= 15 is 0 Å². The maximum atomic E-state index is 13.4. The van der Waals surface area contributed by atoms with Crippen molar-refractivity contribution < 1.29 is 9.50 Å². The Balaban J connectivity index is 1.29. The Hall–Kier alpha value is -3.09. The van der Waals surface area contributed by atoms with E-state index in [0.29, 0.717) is 6.42 Å². The first-order chi connectivity index (χ1) is 16.5. The van der Waals surface area contributed by atoms with Gasteiger partial charge in [-0.3, -0.25) is 0 Å². The second-order valence-corrected chi connectivity index (χ2v) is 10.4. The molecule has 172 valence electrons. The number of hydrogen-bond acceptors (Lipinski definition) is 4. The molecule has 0 unspecified atom stereocenters. The lowest BCUT2D eigenvalue weighted by atomic mass is 9.65. The van der Waals surface area contributed by atoms with Gasteiger partial charge in [0, 0.05) is 16.4 Å². The summed E-state index contributed by atoms with van der Waals surface area (Å²) in [6.07, 6.45) is 7.97. The third-order valence-corrected chi connectivity index (χ3v) is 8.48. The maximum absolute atomic E-state index is 13.4. The van der Waals surface area contributed by atoms with Crippen LogP contribution in [0.2, 0.25) is 0 Å². The molecule has 2 atom stereocenters. The summed E-state index contributed by atoms with van der Waals surface area (Å²) in [5.41, 5.74) is 8.41. The number of benzene rings is 2. The summed E-state index contributed by atoms with van der Waals surface area (Å²) < 4.78 is 15.3. The fraction of sp³-hybridized carbons (Fsp3) is 0.286. The van der Waals surface area contributed by atoms with Gasteiger partial charge in [-0.25, -0.2) is 14.1 Å². The summed E-state index contributed by atoms with van der Waals surface area (Å²) in [6, 6.07) is 14.8. The van der Waals surface area contributed by atoms with Crippen LogP contribution in [0.5, 0.6) is 0 Å². The first kappa shape index (κ1) is 21.4. The lowest BCUT2D eigenvalue weighted by Gasteiger charge is -2.42. The Labute approximate surface area is 202 Å². The number of fused-ring (bicyclic) bond motifs is 2. The van der Waals surface area contributed by atoms with E-state index in [0.717, 1.165) is 53.9 Å². The zero-order chi connectivity index (χ0) is 23.3. The lowest BCUT2D eigenvalue weighted by molar-refractivity contribution is -0.0461. The molecule has 0 radical (unpaired) electrons. The molecule has 0 amide bonds. The molecular formula is C28H26FN3OS. The van der Waals surface area contributed by atoms with Gasteiger partial charge in [-0.05, 0) is 73.6 Å². The average molecular weight is 472 g/mol. The number of hydrogen-bond donors (Lipinski definition) is 1. The molecule has 2 aliphatic rings. The second-order valence-electron chi connectivity index (χ2n) is 9.68. The van der Waals surface area contributed by atoms with Crippen molar-refractivity contribution in [2.24, 2.45) is 5.41 Å². The average Bonchev–Trinajstić information content (AvgIpc) is 3.57. The molecule has 1 N–H and O–H groups in total. The maximum Gasteiger partial charge on any atom is 0.123 e. The molecule has 4 nitrogen and oxygen atoms in total. The Morgan fingerprint density at radius 2 is 1.97 bits per heavy atom. The Bertz CT molecular complexity index is 1380.